The summed E-state index contributed by atoms with van der Waals surface area (Å²) in [4.78, 5) is 4.40. The van der Waals surface area contributed by atoms with Crippen LogP contribution in [0.5, 0.6) is 0 Å². The molecule has 176 valence electrons. The summed E-state index contributed by atoms with van der Waals surface area (Å²) in [5, 5.41) is 14.0. The highest BCUT2D eigenvalue weighted by Gasteiger charge is 2.37. The van der Waals surface area contributed by atoms with Crippen LogP contribution in [0.3, 0.4) is 0 Å². The number of hydrogen-bond acceptors (Lipinski definition) is 3. The first-order chi connectivity index (χ1) is 16.3. The van der Waals surface area contributed by atoms with Gasteiger partial charge in [0, 0.05) is 42.3 Å². The zero-order chi connectivity index (χ0) is 24.0. The molecular weight excluding hydrogens is 487 g/mol. The number of nitrogens with zero attached hydrogens (tertiary/aromatic N) is 2. The maximum atomic E-state index is 8.66. The summed E-state index contributed by atoms with van der Waals surface area (Å²) in [5.74, 6) is 0.338. The van der Waals surface area contributed by atoms with Gasteiger partial charge in [-0.1, -0.05) is 59.1 Å². The number of halogens is 3. The number of fused-ring (bicyclic) bond motifs is 2. The molecule has 2 bridgehead atoms. The van der Waals surface area contributed by atoms with Crippen LogP contribution >= 0.6 is 34.8 Å². The van der Waals surface area contributed by atoms with E-state index in [2.05, 4.69) is 29.3 Å². The summed E-state index contributed by atoms with van der Waals surface area (Å²) in [6.07, 6.45) is 1.21. The van der Waals surface area contributed by atoms with Crippen molar-refractivity contribution in [1.82, 2.24) is 10.2 Å². The van der Waals surface area contributed by atoms with Gasteiger partial charge in [-0.15, -0.1) is 0 Å². The highest BCUT2D eigenvalue weighted by atomic mass is 35.5. The lowest BCUT2D eigenvalue weighted by Crippen LogP contribution is -2.43. The zero-order valence-corrected chi connectivity index (χ0v) is 21.5. The third kappa shape index (κ3) is 4.34. The zero-order valence-electron chi connectivity index (χ0n) is 19.2. The maximum Gasteiger partial charge on any atom is 0.102 e. The summed E-state index contributed by atoms with van der Waals surface area (Å²) in [7, 11) is 0. The molecule has 0 radical (unpaired) electrons. The molecule has 2 atom stereocenters. The van der Waals surface area contributed by atoms with E-state index in [9.17, 15) is 0 Å². The van der Waals surface area contributed by atoms with Crippen LogP contribution in [0.1, 0.15) is 24.5 Å². The fourth-order valence-electron chi connectivity index (χ4n) is 5.29. The second-order valence-corrected chi connectivity index (χ2v) is 10.4. The van der Waals surface area contributed by atoms with E-state index in [-0.39, 0.29) is 0 Å². The van der Waals surface area contributed by atoms with E-state index in [4.69, 9.17) is 40.2 Å². The Hall–Kier alpha value is -2.08. The molecule has 2 fully saturated rings. The molecule has 7 heteroatoms. The Balaban J connectivity index is 1.68. The second-order valence-electron chi connectivity index (χ2n) is 9.18. The van der Waals surface area contributed by atoms with E-state index in [1.54, 1.807) is 19.1 Å². The van der Waals surface area contributed by atoms with Gasteiger partial charge < -0.3 is 5.32 Å². The molecule has 2 aliphatic heterocycles. The van der Waals surface area contributed by atoms with Crippen molar-refractivity contribution in [3.63, 3.8) is 0 Å². The minimum absolute atomic E-state index is 0.338. The molecule has 34 heavy (non-hydrogen) atoms. The van der Waals surface area contributed by atoms with Crippen molar-refractivity contribution in [2.24, 2.45) is 0 Å². The minimum Gasteiger partial charge on any atom is -0.311 e. The van der Waals surface area contributed by atoms with E-state index in [1.165, 1.54) is 12.0 Å². The number of anilines is 2. The topological polar surface area (TPSA) is 42.4 Å². The monoisotopic (exact) mass is 512 g/mol. The molecule has 2 unspecified atom stereocenters. The molecular formula is C27H27Cl3N4. The standard InChI is InChI=1S/C27H27Cl3N4/c1-16-22(21-6-3-4-7-23(21)28)10-18(14-33-15-19-12-20(33)13-32-19)11-26(16)34(17(2)31)27-24(29)8-5-9-25(27)30/h3-11,19-20,31-32H,12-15H2,1-2H3. The highest BCUT2D eigenvalue weighted by molar-refractivity contribution is 6.40. The molecule has 0 saturated carbocycles. The molecule has 2 N–H and O–H groups in total. The van der Waals surface area contributed by atoms with Gasteiger partial charge in [-0.3, -0.25) is 15.2 Å². The lowest BCUT2D eigenvalue weighted by molar-refractivity contribution is 0.218. The lowest BCUT2D eigenvalue weighted by atomic mass is 9.95. The number of rotatable bonds is 5. The van der Waals surface area contributed by atoms with E-state index in [0.29, 0.717) is 38.7 Å². The molecule has 2 saturated heterocycles. The van der Waals surface area contributed by atoms with Gasteiger partial charge in [-0.05, 0) is 67.3 Å². The Morgan fingerprint density at radius 2 is 1.74 bits per heavy atom. The first-order valence-corrected chi connectivity index (χ1v) is 12.6. The third-order valence-electron chi connectivity index (χ3n) is 6.90. The quantitative estimate of drug-likeness (QED) is 0.278. The summed E-state index contributed by atoms with van der Waals surface area (Å²) < 4.78 is 0. The van der Waals surface area contributed by atoms with E-state index in [0.717, 1.165) is 42.0 Å². The fourth-order valence-corrected chi connectivity index (χ4v) is 6.09. The largest absolute Gasteiger partial charge is 0.311 e. The summed E-state index contributed by atoms with van der Waals surface area (Å²) in [6, 6.07) is 18.9. The molecule has 0 spiro atoms. The normalized spacial score (nSPS) is 19.6. The molecule has 5 rings (SSSR count). The van der Waals surface area contributed by atoms with Gasteiger partial charge in [-0.25, -0.2) is 0 Å². The molecule has 3 aromatic rings. The van der Waals surface area contributed by atoms with Crippen molar-refractivity contribution in [3.05, 3.63) is 80.8 Å². The molecule has 0 aromatic heterocycles. The molecule has 2 heterocycles. The number of piperazine rings is 1. The van der Waals surface area contributed by atoms with Gasteiger partial charge >= 0.3 is 0 Å². The lowest BCUT2D eigenvalue weighted by Gasteiger charge is -2.31. The average molecular weight is 514 g/mol. The predicted octanol–water partition coefficient (Wildman–Crippen LogP) is 7.30. The fraction of sp³-hybridized carbons (Fsp3) is 0.296. The average Bonchev–Trinajstić information content (AvgIpc) is 3.41. The summed E-state index contributed by atoms with van der Waals surface area (Å²) >= 11 is 19.9. The van der Waals surface area contributed by atoms with Crippen molar-refractivity contribution in [3.8, 4) is 11.1 Å². The van der Waals surface area contributed by atoms with Crippen LogP contribution in [0.15, 0.2) is 54.6 Å². The molecule has 0 aliphatic carbocycles. The van der Waals surface area contributed by atoms with Crippen LogP contribution in [-0.4, -0.2) is 35.9 Å². The molecule has 0 amide bonds. The van der Waals surface area contributed by atoms with Crippen LogP contribution in [0, 0.1) is 12.3 Å². The highest BCUT2D eigenvalue weighted by Crippen LogP contribution is 2.43. The van der Waals surface area contributed by atoms with Crippen molar-refractivity contribution in [2.75, 3.05) is 18.0 Å². The van der Waals surface area contributed by atoms with Gasteiger partial charge in [0.1, 0.15) is 5.84 Å². The van der Waals surface area contributed by atoms with E-state index in [1.807, 2.05) is 35.2 Å². The number of hydrogen-bond donors (Lipinski definition) is 2. The van der Waals surface area contributed by atoms with Gasteiger partial charge in [0.15, 0.2) is 0 Å². The second kappa shape index (κ2) is 9.52. The van der Waals surface area contributed by atoms with Gasteiger partial charge in [0.2, 0.25) is 0 Å². The molecule has 2 aliphatic rings. The Morgan fingerprint density at radius 1 is 1.03 bits per heavy atom. The van der Waals surface area contributed by atoms with Crippen molar-refractivity contribution < 1.29 is 0 Å². The van der Waals surface area contributed by atoms with Crippen LogP contribution in [0.25, 0.3) is 11.1 Å². The van der Waals surface area contributed by atoms with E-state index < -0.39 is 0 Å². The Kier molecular flexibility index (Phi) is 6.62. The van der Waals surface area contributed by atoms with Crippen LogP contribution in [-0.2, 0) is 6.54 Å². The minimum atomic E-state index is 0.338. The predicted molar refractivity (Wildman–Crippen MR) is 144 cm³/mol. The first-order valence-electron chi connectivity index (χ1n) is 11.5. The number of likely N-dealkylation sites (tertiary alicyclic amines) is 1. The number of para-hydroxylation sites is 1. The summed E-state index contributed by atoms with van der Waals surface area (Å²) in [5.41, 5.74) is 5.73. The Labute approximate surface area is 215 Å². The number of amidine groups is 1. The first kappa shape index (κ1) is 23.7. The third-order valence-corrected chi connectivity index (χ3v) is 7.84. The Morgan fingerprint density at radius 3 is 2.35 bits per heavy atom. The molecule has 3 aromatic carbocycles. The van der Waals surface area contributed by atoms with Gasteiger partial charge in [0.25, 0.3) is 0 Å². The van der Waals surface area contributed by atoms with Gasteiger partial charge in [0.05, 0.1) is 21.4 Å². The maximum absolute atomic E-state index is 8.66. The summed E-state index contributed by atoms with van der Waals surface area (Å²) in [6.45, 7) is 6.77. The SMILES string of the molecule is CC(=N)N(c1cc(CN2CC3CC2CN3)cc(-c2ccccc2Cl)c1C)c1c(Cl)cccc1Cl. The van der Waals surface area contributed by atoms with Crippen LogP contribution in [0.4, 0.5) is 11.4 Å². The number of nitrogens with one attached hydrogen (secondary N) is 2. The van der Waals surface area contributed by atoms with Crippen LogP contribution in [0.2, 0.25) is 15.1 Å². The van der Waals surface area contributed by atoms with E-state index >= 15 is 0 Å². The Bertz CT molecular complexity index is 1240. The number of benzene rings is 3. The van der Waals surface area contributed by atoms with Crippen molar-refractivity contribution in [2.45, 2.75) is 38.9 Å². The van der Waals surface area contributed by atoms with Crippen molar-refractivity contribution in [1.29, 1.82) is 5.41 Å². The van der Waals surface area contributed by atoms with Crippen LogP contribution < -0.4 is 10.2 Å². The van der Waals surface area contributed by atoms with Crippen molar-refractivity contribution >= 4 is 52.0 Å². The molecule has 4 nitrogen and oxygen atoms in total. The van der Waals surface area contributed by atoms with Gasteiger partial charge in [-0.2, -0.15) is 0 Å². The smallest absolute Gasteiger partial charge is 0.102 e.